The van der Waals surface area contributed by atoms with Crippen LogP contribution in [0.2, 0.25) is 0 Å². The molecule has 0 unspecified atom stereocenters. The minimum Gasteiger partial charge on any atom is -0.456 e. The van der Waals surface area contributed by atoms with Crippen LogP contribution in [0.5, 0.6) is 0 Å². The van der Waals surface area contributed by atoms with Crippen molar-refractivity contribution < 1.29 is 8.83 Å². The fourth-order valence-corrected chi connectivity index (χ4v) is 16.8. The van der Waals surface area contributed by atoms with Crippen LogP contribution in [0.3, 0.4) is 0 Å². The van der Waals surface area contributed by atoms with E-state index in [2.05, 4.69) is 326 Å². The molecule has 0 spiro atoms. The molecule has 106 heavy (non-hydrogen) atoms. The summed E-state index contributed by atoms with van der Waals surface area (Å²) in [6.07, 6.45) is 0. The van der Waals surface area contributed by atoms with Crippen LogP contribution in [-0.4, -0.2) is 24.5 Å². The van der Waals surface area contributed by atoms with Crippen molar-refractivity contribution in [1.82, 2.24) is 24.5 Å². The molecule has 7 nitrogen and oxygen atoms in total. The van der Waals surface area contributed by atoms with Crippen molar-refractivity contribution in [2.75, 3.05) is 0 Å². The summed E-state index contributed by atoms with van der Waals surface area (Å²) in [6.45, 7) is 0. The maximum atomic E-state index is 6.31. The molecule has 8 heteroatoms. The molecule has 0 amide bonds. The molecule has 0 fully saturated rings. The molecule has 0 saturated carbocycles. The zero-order valence-electron chi connectivity index (χ0n) is 57.0. The first-order valence-electron chi connectivity index (χ1n) is 35.7. The molecule has 0 atom stereocenters. The Labute approximate surface area is 613 Å². The van der Waals surface area contributed by atoms with Gasteiger partial charge >= 0.3 is 0 Å². The first-order valence-corrected chi connectivity index (χ1v) is 36.5. The Bertz CT molecular complexity index is 6940. The standard InChI is InChI=1S/C98H59N5O2S/c1-4-21-74-60(16-1)19-13-25-75(74)61-34-38-64(39-35-61)86-59-87(66-44-48-68(49-45-66)94-57-73-18-3-12-33-92(73)105-94)102-98(101-86)82-28-15-27-80-83-55-70(51-53-95(83)106-96(80)82)69-50-52-77-71(54-69)20-14-26-76(77)62-36-40-63(41-37-62)84-58-85(65-42-46-67(47-43-65)93-56-72-17-2-11-32-91(72)104-93)100-97(99-84)81-24-7-10-31-90(81)103-88-29-8-5-22-78(88)79-23-6-9-30-89(79)103/h1-59H. The average molecular weight is 1370 g/mol. The maximum absolute atomic E-state index is 6.31. The van der Waals surface area contributed by atoms with Crippen molar-refractivity contribution in [3.8, 4) is 130 Å². The highest BCUT2D eigenvalue weighted by Crippen LogP contribution is 2.45. The molecule has 0 aliphatic rings. The van der Waals surface area contributed by atoms with Gasteiger partial charge in [-0.25, -0.2) is 19.9 Å². The number of furan rings is 2. The number of benzene rings is 15. The van der Waals surface area contributed by atoms with Gasteiger partial charge < -0.3 is 13.4 Å². The van der Waals surface area contributed by atoms with Gasteiger partial charge in [0.25, 0.3) is 0 Å². The predicted molar refractivity (Wildman–Crippen MR) is 439 cm³/mol. The van der Waals surface area contributed by atoms with E-state index in [0.29, 0.717) is 11.6 Å². The molecule has 0 aliphatic carbocycles. The second-order valence-corrected chi connectivity index (χ2v) is 28.2. The van der Waals surface area contributed by atoms with Crippen LogP contribution in [-0.2, 0) is 0 Å². The van der Waals surface area contributed by atoms with E-state index in [-0.39, 0.29) is 0 Å². The fraction of sp³-hybridized carbons (Fsp3) is 0. The van der Waals surface area contributed by atoms with Gasteiger partial charge in [-0.15, -0.1) is 11.3 Å². The number of hydrogen-bond acceptors (Lipinski definition) is 7. The summed E-state index contributed by atoms with van der Waals surface area (Å²) in [5.74, 6) is 2.96. The third kappa shape index (κ3) is 10.6. The van der Waals surface area contributed by atoms with Crippen molar-refractivity contribution in [1.29, 1.82) is 0 Å². The fourth-order valence-electron chi connectivity index (χ4n) is 15.6. The lowest BCUT2D eigenvalue weighted by molar-refractivity contribution is 0.631. The van der Waals surface area contributed by atoms with E-state index in [4.69, 9.17) is 28.8 Å². The molecule has 6 heterocycles. The lowest BCUT2D eigenvalue weighted by Crippen LogP contribution is -2.01. The Hall–Kier alpha value is -13.9. The van der Waals surface area contributed by atoms with Crippen molar-refractivity contribution in [2.24, 2.45) is 0 Å². The number of thiophene rings is 1. The number of nitrogens with zero attached hydrogens (tertiary/aromatic N) is 5. The Morgan fingerprint density at radius 3 is 1.19 bits per heavy atom. The van der Waals surface area contributed by atoms with E-state index in [1.165, 1.54) is 48.0 Å². The smallest absolute Gasteiger partial charge is 0.162 e. The largest absolute Gasteiger partial charge is 0.456 e. The summed E-state index contributed by atoms with van der Waals surface area (Å²) in [7, 11) is 0. The predicted octanol–water partition coefficient (Wildman–Crippen LogP) is 26.9. The molecule has 21 rings (SSSR count). The minimum atomic E-state index is 0.636. The highest BCUT2D eigenvalue weighted by Gasteiger charge is 2.22. The number of para-hydroxylation sites is 5. The summed E-state index contributed by atoms with van der Waals surface area (Å²) in [5.41, 5.74) is 23.1. The SMILES string of the molecule is c1ccc(-n2c3ccccc3c3ccccc32)c(-c2nc(-c3ccc(-c4cc5ccccc5o4)cc3)cc(-c3ccc(-c4cccc5cc(-c6ccc7sc8c(-c9nc(-c%10ccc(-c%11cc%12ccccc%12o%11)cc%10)cc(-c%10ccc(-c%11cccc%12ccccc%11%12)cc%10)n9)cccc8c7c6)ccc45)cc3)n2)c1. The van der Waals surface area contributed by atoms with Gasteiger partial charge in [-0.3, -0.25) is 0 Å². The van der Waals surface area contributed by atoms with Crippen LogP contribution in [0.25, 0.3) is 215 Å². The molecule has 0 saturated heterocycles. The lowest BCUT2D eigenvalue weighted by Gasteiger charge is -2.15. The van der Waals surface area contributed by atoms with Gasteiger partial charge in [0.2, 0.25) is 0 Å². The molecule has 0 bridgehead atoms. The van der Waals surface area contributed by atoms with Crippen LogP contribution >= 0.6 is 11.3 Å². The van der Waals surface area contributed by atoms with Crippen LogP contribution in [0.15, 0.2) is 367 Å². The third-order valence-electron chi connectivity index (χ3n) is 20.9. The molecular formula is C98H59N5O2S. The second kappa shape index (κ2) is 25.0. The molecule has 15 aromatic carbocycles. The summed E-state index contributed by atoms with van der Waals surface area (Å²) in [6, 6.07) is 127. The van der Waals surface area contributed by atoms with Crippen LogP contribution in [0, 0.1) is 0 Å². The van der Waals surface area contributed by atoms with Gasteiger partial charge in [-0.1, -0.05) is 273 Å². The molecule has 0 radical (unpaired) electrons. The topological polar surface area (TPSA) is 82.8 Å². The molecule has 21 aromatic rings. The summed E-state index contributed by atoms with van der Waals surface area (Å²) >= 11 is 1.79. The Morgan fingerprint density at radius 2 is 0.623 bits per heavy atom. The summed E-state index contributed by atoms with van der Waals surface area (Å²) in [5, 5.41) is 11.7. The molecule has 494 valence electrons. The van der Waals surface area contributed by atoms with Gasteiger partial charge in [0, 0.05) is 86.2 Å². The Morgan fingerprint density at radius 1 is 0.236 bits per heavy atom. The first kappa shape index (κ1) is 60.8. The van der Waals surface area contributed by atoms with E-state index in [1.54, 1.807) is 11.3 Å². The Balaban J connectivity index is 0.613. The van der Waals surface area contributed by atoms with Crippen LogP contribution in [0.4, 0.5) is 0 Å². The molecular weight excluding hydrogens is 1310 g/mol. The van der Waals surface area contributed by atoms with E-state index >= 15 is 0 Å². The van der Waals surface area contributed by atoms with Gasteiger partial charge in [0.05, 0.1) is 39.5 Å². The van der Waals surface area contributed by atoms with Gasteiger partial charge in [-0.2, -0.15) is 0 Å². The highest BCUT2D eigenvalue weighted by molar-refractivity contribution is 7.26. The van der Waals surface area contributed by atoms with E-state index in [0.717, 1.165) is 155 Å². The second-order valence-electron chi connectivity index (χ2n) is 27.2. The maximum Gasteiger partial charge on any atom is 0.162 e. The van der Waals surface area contributed by atoms with E-state index in [1.807, 2.05) is 36.4 Å². The average Bonchev–Trinajstić information content (AvgIpc) is 1.57. The molecule has 6 aromatic heterocycles. The van der Waals surface area contributed by atoms with Crippen LogP contribution in [0.1, 0.15) is 0 Å². The van der Waals surface area contributed by atoms with Gasteiger partial charge in [0.1, 0.15) is 22.7 Å². The number of fused-ring (bicyclic) bond motifs is 10. The van der Waals surface area contributed by atoms with Crippen molar-refractivity contribution in [3.05, 3.63) is 358 Å². The summed E-state index contributed by atoms with van der Waals surface area (Å²) < 4.78 is 17.3. The van der Waals surface area contributed by atoms with Gasteiger partial charge in [0.15, 0.2) is 11.6 Å². The number of hydrogen-bond donors (Lipinski definition) is 0. The third-order valence-corrected chi connectivity index (χ3v) is 22.1. The van der Waals surface area contributed by atoms with Crippen molar-refractivity contribution in [2.45, 2.75) is 0 Å². The van der Waals surface area contributed by atoms with E-state index < -0.39 is 0 Å². The highest BCUT2D eigenvalue weighted by atomic mass is 32.1. The lowest BCUT2D eigenvalue weighted by atomic mass is 9.94. The quantitative estimate of drug-likeness (QED) is 0.121. The first-order chi connectivity index (χ1) is 52.5. The monoisotopic (exact) mass is 1370 g/mol. The van der Waals surface area contributed by atoms with Crippen molar-refractivity contribution >= 4 is 96.8 Å². The Kier molecular flexibility index (Phi) is 14.3. The zero-order chi connectivity index (χ0) is 69.8. The van der Waals surface area contributed by atoms with Crippen LogP contribution < -0.4 is 0 Å². The molecule has 0 aliphatic heterocycles. The zero-order valence-corrected chi connectivity index (χ0v) is 57.8. The number of rotatable bonds is 12. The minimum absolute atomic E-state index is 0.636. The molecule has 0 N–H and O–H groups in total. The summed E-state index contributed by atoms with van der Waals surface area (Å²) in [4.78, 5) is 21.8. The van der Waals surface area contributed by atoms with E-state index in [9.17, 15) is 0 Å². The number of aromatic nitrogens is 5. The van der Waals surface area contributed by atoms with Gasteiger partial charge in [-0.05, 0) is 140 Å². The normalized spacial score (nSPS) is 11.8. The van der Waals surface area contributed by atoms with Crippen molar-refractivity contribution in [3.63, 3.8) is 0 Å².